The summed E-state index contributed by atoms with van der Waals surface area (Å²) in [6, 6.07) is 11.1. The third-order valence-corrected chi connectivity index (χ3v) is 6.64. The zero-order chi connectivity index (χ0) is 19.8. The fourth-order valence-corrected chi connectivity index (χ4v) is 5.51. The van der Waals surface area contributed by atoms with E-state index in [2.05, 4.69) is 0 Å². The summed E-state index contributed by atoms with van der Waals surface area (Å²) in [6.45, 7) is 2.77. The topological polar surface area (TPSA) is 97.5 Å². The van der Waals surface area contributed by atoms with E-state index in [1.807, 2.05) is 0 Å². The highest BCUT2D eigenvalue weighted by molar-refractivity contribution is 7.10. The average molecular weight is 387 g/mol. The lowest BCUT2D eigenvalue weighted by Gasteiger charge is -2.49. The lowest BCUT2D eigenvalue weighted by atomic mass is 9.55. The monoisotopic (exact) mass is 387 g/mol. The molecule has 1 N–H and O–H groups in total. The highest BCUT2D eigenvalue weighted by Crippen LogP contribution is 2.54. The van der Waals surface area contributed by atoms with Gasteiger partial charge in [-0.2, -0.15) is 0 Å². The Morgan fingerprint density at radius 1 is 1.22 bits per heavy atom. The van der Waals surface area contributed by atoms with Gasteiger partial charge in [-0.1, -0.05) is 36.4 Å². The summed E-state index contributed by atoms with van der Waals surface area (Å²) in [5.74, 6) is -4.11. The van der Waals surface area contributed by atoms with E-state index in [1.54, 1.807) is 47.8 Å². The zero-order valence-corrected chi connectivity index (χ0v) is 15.8. The molecule has 1 aliphatic rings. The van der Waals surface area contributed by atoms with Crippen molar-refractivity contribution in [2.45, 2.75) is 37.3 Å². The Bertz CT molecular complexity index is 831. The molecule has 1 saturated carbocycles. The number of ketones is 1. The van der Waals surface area contributed by atoms with Gasteiger partial charge in [0, 0.05) is 9.80 Å². The van der Waals surface area contributed by atoms with E-state index in [9.17, 15) is 24.8 Å². The van der Waals surface area contributed by atoms with Gasteiger partial charge in [-0.3, -0.25) is 14.9 Å². The second kappa shape index (κ2) is 7.32. The van der Waals surface area contributed by atoms with Crippen LogP contribution in [0.3, 0.4) is 0 Å². The Kier molecular flexibility index (Phi) is 5.26. The van der Waals surface area contributed by atoms with E-state index in [0.29, 0.717) is 16.7 Å². The van der Waals surface area contributed by atoms with Crippen molar-refractivity contribution < 1.29 is 19.6 Å². The van der Waals surface area contributed by atoms with Crippen molar-refractivity contribution in [3.8, 4) is 0 Å². The number of hydrogen-bond acceptors (Lipinski definition) is 6. The van der Waals surface area contributed by atoms with Crippen LogP contribution < -0.4 is 0 Å². The minimum atomic E-state index is -1.70. The smallest absolute Gasteiger partial charge is 0.229 e. The molecular weight excluding hydrogens is 366 g/mol. The second-order valence-corrected chi connectivity index (χ2v) is 8.21. The number of rotatable bonds is 5. The number of benzene rings is 1. The summed E-state index contributed by atoms with van der Waals surface area (Å²) in [5, 5.41) is 25.3. The van der Waals surface area contributed by atoms with E-state index in [1.165, 1.54) is 25.2 Å². The predicted octanol–water partition coefficient (Wildman–Crippen LogP) is 3.05. The second-order valence-electron chi connectivity index (χ2n) is 7.23. The van der Waals surface area contributed by atoms with Gasteiger partial charge in [0.25, 0.3) is 0 Å². The molecule has 6 nitrogen and oxygen atoms in total. The molecular formula is C20H21NO5S. The van der Waals surface area contributed by atoms with Gasteiger partial charge in [0.1, 0.15) is 12.1 Å². The number of carbonyl (C=O) groups excluding carboxylic acids is 2. The zero-order valence-electron chi connectivity index (χ0n) is 15.0. The number of thiophene rings is 1. The molecule has 3 rings (SSSR count). The van der Waals surface area contributed by atoms with Gasteiger partial charge < -0.3 is 9.90 Å². The van der Waals surface area contributed by atoms with Crippen LogP contribution in [0.15, 0.2) is 47.8 Å². The number of aliphatic hydroxyl groups is 1. The average Bonchev–Trinajstić information content (AvgIpc) is 3.14. The molecule has 7 heteroatoms. The molecule has 0 aliphatic heterocycles. The Labute approximate surface area is 161 Å². The highest BCUT2D eigenvalue weighted by Gasteiger charge is 2.63. The van der Waals surface area contributed by atoms with Crippen LogP contribution in [0.25, 0.3) is 0 Å². The van der Waals surface area contributed by atoms with E-state index in [-0.39, 0.29) is 5.78 Å². The van der Waals surface area contributed by atoms with Crippen LogP contribution in [0.1, 0.15) is 36.1 Å². The fraction of sp³-hybridized carbons (Fsp3) is 0.400. The number of nitrogens with zero attached hydrogens (tertiary/aromatic N) is 1. The van der Waals surface area contributed by atoms with Crippen LogP contribution in [0.4, 0.5) is 0 Å². The number of nitro groups is 1. The van der Waals surface area contributed by atoms with Crippen LogP contribution in [0, 0.1) is 22.0 Å². The molecule has 6 atom stereocenters. The molecule has 1 aromatic heterocycles. The van der Waals surface area contributed by atoms with Crippen molar-refractivity contribution in [2.75, 3.05) is 0 Å². The first-order chi connectivity index (χ1) is 12.8. The lowest BCUT2D eigenvalue weighted by molar-refractivity contribution is -0.539. The van der Waals surface area contributed by atoms with Crippen molar-refractivity contribution in [1.29, 1.82) is 0 Å². The Morgan fingerprint density at radius 2 is 1.89 bits per heavy atom. The third kappa shape index (κ3) is 3.21. The van der Waals surface area contributed by atoms with Crippen LogP contribution in [0.2, 0.25) is 0 Å². The molecule has 142 valence electrons. The molecule has 0 bridgehead atoms. The van der Waals surface area contributed by atoms with Gasteiger partial charge in [-0.15, -0.1) is 11.3 Å². The van der Waals surface area contributed by atoms with Gasteiger partial charge in [0.2, 0.25) is 6.04 Å². The summed E-state index contributed by atoms with van der Waals surface area (Å²) in [6.07, 6.45) is 0.564. The first-order valence-corrected chi connectivity index (χ1v) is 9.58. The van der Waals surface area contributed by atoms with Crippen molar-refractivity contribution in [3.63, 3.8) is 0 Å². The quantitative estimate of drug-likeness (QED) is 0.483. The number of carbonyl (C=O) groups is 2. The molecule has 0 saturated heterocycles. The standard InChI is InChI=1S/C20H21NO5S/c1-12(23)18-17(15-9-6-10-27-15)19(21(25)26)16(13-7-4-3-5-8-13)14(11-22)20(18,2)24/h3-11,14,16-19,24H,1-2H3/t14-,16-,17+,18+,19-,20-/m0/s1. The van der Waals surface area contributed by atoms with E-state index < -0.39 is 40.2 Å². The predicted molar refractivity (Wildman–Crippen MR) is 101 cm³/mol. The summed E-state index contributed by atoms with van der Waals surface area (Å²) >= 11 is 1.32. The number of Topliss-reactive ketones (excluding diaryl/α,β-unsaturated/α-hetero) is 1. The Hall–Kier alpha value is -2.38. The van der Waals surface area contributed by atoms with Gasteiger partial charge in [0.05, 0.1) is 29.3 Å². The molecule has 0 spiro atoms. The maximum atomic E-state index is 12.5. The van der Waals surface area contributed by atoms with Crippen molar-refractivity contribution in [2.24, 2.45) is 11.8 Å². The SMILES string of the molecule is CC(=O)[C@@H]1[C@@H](c2cccs2)[C@@H]([N+](=O)[O-])[C@@H](c2ccccc2)[C@H](C=O)[C@]1(C)O. The Morgan fingerprint density at radius 3 is 2.37 bits per heavy atom. The lowest BCUT2D eigenvalue weighted by Crippen LogP contribution is -2.61. The summed E-state index contributed by atoms with van der Waals surface area (Å²) < 4.78 is 0. The summed E-state index contributed by atoms with van der Waals surface area (Å²) in [4.78, 5) is 37.0. The molecule has 27 heavy (non-hydrogen) atoms. The van der Waals surface area contributed by atoms with Crippen LogP contribution in [-0.4, -0.2) is 33.7 Å². The maximum absolute atomic E-state index is 12.5. The molecule has 0 radical (unpaired) electrons. The third-order valence-electron chi connectivity index (χ3n) is 5.67. The van der Waals surface area contributed by atoms with Crippen LogP contribution in [-0.2, 0) is 9.59 Å². The van der Waals surface area contributed by atoms with E-state index >= 15 is 0 Å². The van der Waals surface area contributed by atoms with Gasteiger partial charge in [-0.25, -0.2) is 0 Å². The molecule has 0 unspecified atom stereocenters. The van der Waals surface area contributed by atoms with E-state index in [4.69, 9.17) is 0 Å². The normalized spacial score (nSPS) is 33.4. The summed E-state index contributed by atoms with van der Waals surface area (Å²) in [5.41, 5.74) is -1.09. The van der Waals surface area contributed by atoms with Crippen molar-refractivity contribution in [3.05, 3.63) is 68.4 Å². The Balaban J connectivity index is 2.28. The van der Waals surface area contributed by atoms with Gasteiger partial charge >= 0.3 is 0 Å². The minimum Gasteiger partial charge on any atom is -0.389 e. The highest BCUT2D eigenvalue weighted by atomic mass is 32.1. The molecule has 0 amide bonds. The van der Waals surface area contributed by atoms with Gasteiger partial charge in [-0.05, 0) is 30.9 Å². The van der Waals surface area contributed by atoms with Crippen molar-refractivity contribution in [1.82, 2.24) is 0 Å². The largest absolute Gasteiger partial charge is 0.389 e. The maximum Gasteiger partial charge on any atom is 0.229 e. The molecule has 2 aromatic rings. The van der Waals surface area contributed by atoms with Crippen LogP contribution >= 0.6 is 11.3 Å². The van der Waals surface area contributed by atoms with E-state index in [0.717, 1.165) is 0 Å². The first-order valence-electron chi connectivity index (χ1n) is 8.70. The van der Waals surface area contributed by atoms with Gasteiger partial charge in [0.15, 0.2) is 0 Å². The summed E-state index contributed by atoms with van der Waals surface area (Å²) in [7, 11) is 0. The minimum absolute atomic E-state index is 0.358. The molecule has 1 fully saturated rings. The fourth-order valence-electron chi connectivity index (χ4n) is 4.61. The molecule has 1 aliphatic carbocycles. The number of hydrogen-bond donors (Lipinski definition) is 1. The molecule has 1 heterocycles. The number of aldehydes is 1. The molecule has 1 aromatic carbocycles. The van der Waals surface area contributed by atoms with Crippen molar-refractivity contribution >= 4 is 23.4 Å². The first kappa shape index (κ1) is 19.4. The van der Waals surface area contributed by atoms with Crippen LogP contribution in [0.5, 0.6) is 0 Å².